The first-order valence-corrected chi connectivity index (χ1v) is 5.43. The summed E-state index contributed by atoms with van der Waals surface area (Å²) >= 11 is 5.28. The van der Waals surface area contributed by atoms with Crippen LogP contribution in [0.3, 0.4) is 0 Å². The number of hydrogen-bond acceptors (Lipinski definition) is 3. The third-order valence-electron chi connectivity index (χ3n) is 1.42. The van der Waals surface area contributed by atoms with Crippen molar-refractivity contribution in [1.82, 2.24) is 5.32 Å². The van der Waals surface area contributed by atoms with Crippen LogP contribution in [0.1, 0.15) is 33.6 Å². The van der Waals surface area contributed by atoms with Gasteiger partial charge in [0.05, 0.1) is 0 Å². The van der Waals surface area contributed by atoms with Gasteiger partial charge in [0.15, 0.2) is 0 Å². The average Bonchev–Trinajstić information content (AvgIpc) is 2.09. The zero-order chi connectivity index (χ0) is 11.9. The summed E-state index contributed by atoms with van der Waals surface area (Å²) in [6, 6.07) is 0. The zero-order valence-electron chi connectivity index (χ0n) is 9.43. The van der Waals surface area contributed by atoms with Gasteiger partial charge in [-0.2, -0.15) is 0 Å². The van der Waals surface area contributed by atoms with Gasteiger partial charge in [-0.25, -0.2) is 0 Å². The van der Waals surface area contributed by atoms with Gasteiger partial charge in [-0.05, 0) is 27.2 Å². The molecule has 0 heterocycles. The number of ether oxygens (including phenoxy) is 1. The third kappa shape index (κ3) is 9.53. The molecule has 0 rings (SSSR count). The SMILES string of the molecule is CC(C)(C)OC(=O)CCCNC(=O)CCl. The van der Waals surface area contributed by atoms with Crippen molar-refractivity contribution in [1.29, 1.82) is 0 Å². The Hall–Kier alpha value is -0.770. The summed E-state index contributed by atoms with van der Waals surface area (Å²) in [6.45, 7) is 5.91. The van der Waals surface area contributed by atoms with Gasteiger partial charge in [-0.1, -0.05) is 0 Å². The fraction of sp³-hybridized carbons (Fsp3) is 0.800. The normalized spacial score (nSPS) is 10.9. The van der Waals surface area contributed by atoms with Crippen molar-refractivity contribution >= 4 is 23.5 Å². The molecule has 0 aromatic rings. The molecule has 0 spiro atoms. The van der Waals surface area contributed by atoms with E-state index in [0.717, 1.165) is 0 Å². The maximum Gasteiger partial charge on any atom is 0.306 e. The summed E-state index contributed by atoms with van der Waals surface area (Å²) in [5, 5.41) is 2.57. The van der Waals surface area contributed by atoms with Gasteiger partial charge >= 0.3 is 5.97 Å². The van der Waals surface area contributed by atoms with E-state index in [-0.39, 0.29) is 17.8 Å². The van der Waals surface area contributed by atoms with Gasteiger partial charge in [-0.3, -0.25) is 9.59 Å². The molecule has 0 aliphatic carbocycles. The van der Waals surface area contributed by atoms with E-state index in [1.54, 1.807) is 0 Å². The van der Waals surface area contributed by atoms with Crippen LogP contribution in [0.4, 0.5) is 0 Å². The predicted molar refractivity (Wildman–Crippen MR) is 58.8 cm³/mol. The van der Waals surface area contributed by atoms with Crippen molar-refractivity contribution in [3.05, 3.63) is 0 Å². The largest absolute Gasteiger partial charge is 0.460 e. The number of rotatable bonds is 5. The molecule has 0 aliphatic rings. The molecule has 0 saturated carbocycles. The number of hydrogen-bond donors (Lipinski definition) is 1. The number of carbonyl (C=O) groups is 2. The quantitative estimate of drug-likeness (QED) is 0.446. The second-order valence-corrected chi connectivity index (χ2v) is 4.44. The summed E-state index contributed by atoms with van der Waals surface area (Å²) in [4.78, 5) is 21.9. The average molecular weight is 236 g/mol. The maximum absolute atomic E-state index is 11.2. The van der Waals surface area contributed by atoms with Crippen molar-refractivity contribution in [3.8, 4) is 0 Å². The van der Waals surface area contributed by atoms with E-state index in [1.807, 2.05) is 20.8 Å². The molecule has 15 heavy (non-hydrogen) atoms. The van der Waals surface area contributed by atoms with Gasteiger partial charge < -0.3 is 10.1 Å². The second-order valence-electron chi connectivity index (χ2n) is 4.17. The molecular formula is C10H18ClNO3. The molecule has 1 N–H and O–H groups in total. The molecule has 0 aliphatic heterocycles. The molecule has 5 heteroatoms. The minimum Gasteiger partial charge on any atom is -0.460 e. The summed E-state index contributed by atoms with van der Waals surface area (Å²) < 4.78 is 5.09. The Balaban J connectivity index is 3.52. The molecule has 0 saturated heterocycles. The fourth-order valence-corrected chi connectivity index (χ4v) is 0.995. The molecule has 0 aromatic heterocycles. The molecular weight excluding hydrogens is 218 g/mol. The van der Waals surface area contributed by atoms with E-state index in [1.165, 1.54) is 0 Å². The van der Waals surface area contributed by atoms with Crippen LogP contribution < -0.4 is 5.32 Å². The number of nitrogens with one attached hydrogen (secondary N) is 1. The monoisotopic (exact) mass is 235 g/mol. The Bertz CT molecular complexity index is 223. The van der Waals surface area contributed by atoms with Crippen LogP contribution in [0.25, 0.3) is 0 Å². The Morgan fingerprint density at radius 1 is 1.33 bits per heavy atom. The number of amides is 1. The van der Waals surface area contributed by atoms with E-state index in [9.17, 15) is 9.59 Å². The van der Waals surface area contributed by atoms with Crippen molar-refractivity contribution < 1.29 is 14.3 Å². The van der Waals surface area contributed by atoms with Crippen molar-refractivity contribution in [2.24, 2.45) is 0 Å². The van der Waals surface area contributed by atoms with Crippen LogP contribution in [-0.2, 0) is 14.3 Å². The van der Waals surface area contributed by atoms with Gasteiger partial charge in [0.1, 0.15) is 11.5 Å². The lowest BCUT2D eigenvalue weighted by Crippen LogP contribution is -2.27. The number of halogens is 1. The van der Waals surface area contributed by atoms with Crippen LogP contribution in [0.5, 0.6) is 0 Å². The molecule has 0 bridgehead atoms. The number of esters is 1. The molecule has 0 aromatic carbocycles. The van der Waals surface area contributed by atoms with Gasteiger partial charge in [0.25, 0.3) is 0 Å². The summed E-state index contributed by atoms with van der Waals surface area (Å²) in [7, 11) is 0. The number of carbonyl (C=O) groups excluding carboxylic acids is 2. The summed E-state index contributed by atoms with van der Waals surface area (Å²) in [6.07, 6.45) is 0.872. The summed E-state index contributed by atoms with van der Waals surface area (Å²) in [5.74, 6) is -0.518. The predicted octanol–water partition coefficient (Wildman–Crippen LogP) is 1.46. The van der Waals surface area contributed by atoms with Crippen LogP contribution in [0.15, 0.2) is 0 Å². The van der Waals surface area contributed by atoms with E-state index < -0.39 is 5.60 Å². The Morgan fingerprint density at radius 3 is 2.40 bits per heavy atom. The first-order chi connectivity index (χ1) is 6.85. The maximum atomic E-state index is 11.2. The first-order valence-electron chi connectivity index (χ1n) is 4.89. The summed E-state index contributed by atoms with van der Waals surface area (Å²) in [5.41, 5.74) is -0.448. The zero-order valence-corrected chi connectivity index (χ0v) is 10.2. The topological polar surface area (TPSA) is 55.4 Å². The highest BCUT2D eigenvalue weighted by atomic mass is 35.5. The van der Waals surface area contributed by atoms with Gasteiger partial charge in [0.2, 0.25) is 5.91 Å². The second kappa shape index (κ2) is 6.67. The van der Waals surface area contributed by atoms with Gasteiger partial charge in [-0.15, -0.1) is 11.6 Å². The van der Waals surface area contributed by atoms with Gasteiger partial charge in [0, 0.05) is 13.0 Å². The highest BCUT2D eigenvalue weighted by molar-refractivity contribution is 6.27. The fourth-order valence-electron chi connectivity index (χ4n) is 0.900. The van der Waals surface area contributed by atoms with Crippen molar-refractivity contribution in [2.45, 2.75) is 39.2 Å². The Kier molecular flexibility index (Phi) is 6.32. The third-order valence-corrected chi connectivity index (χ3v) is 1.66. The highest BCUT2D eigenvalue weighted by Gasteiger charge is 2.15. The molecule has 0 fully saturated rings. The first kappa shape index (κ1) is 14.2. The van der Waals surface area contributed by atoms with Crippen LogP contribution >= 0.6 is 11.6 Å². The molecule has 4 nitrogen and oxygen atoms in total. The lowest BCUT2D eigenvalue weighted by atomic mass is 10.2. The lowest BCUT2D eigenvalue weighted by molar-refractivity contribution is -0.155. The van der Waals surface area contributed by atoms with Crippen molar-refractivity contribution in [2.75, 3.05) is 12.4 Å². The van der Waals surface area contributed by atoms with Crippen LogP contribution in [0.2, 0.25) is 0 Å². The standard InChI is InChI=1S/C10H18ClNO3/c1-10(2,3)15-9(14)5-4-6-12-8(13)7-11/h4-7H2,1-3H3,(H,12,13). The minimum atomic E-state index is -0.448. The Labute approximate surface area is 95.3 Å². The Morgan fingerprint density at radius 2 is 1.93 bits per heavy atom. The van der Waals surface area contributed by atoms with E-state index in [2.05, 4.69) is 5.32 Å². The van der Waals surface area contributed by atoms with E-state index in [0.29, 0.717) is 19.4 Å². The molecule has 88 valence electrons. The number of alkyl halides is 1. The van der Waals surface area contributed by atoms with Crippen LogP contribution in [0, 0.1) is 0 Å². The van der Waals surface area contributed by atoms with E-state index >= 15 is 0 Å². The molecule has 0 unspecified atom stereocenters. The highest BCUT2D eigenvalue weighted by Crippen LogP contribution is 2.08. The van der Waals surface area contributed by atoms with E-state index in [4.69, 9.17) is 16.3 Å². The molecule has 0 atom stereocenters. The lowest BCUT2D eigenvalue weighted by Gasteiger charge is -2.19. The van der Waals surface area contributed by atoms with Crippen molar-refractivity contribution in [3.63, 3.8) is 0 Å². The van der Waals surface area contributed by atoms with Crippen LogP contribution in [-0.4, -0.2) is 29.9 Å². The molecule has 0 radical (unpaired) electrons. The molecule has 1 amide bonds. The minimum absolute atomic E-state index is 0.0492. The smallest absolute Gasteiger partial charge is 0.306 e.